The highest BCUT2D eigenvalue weighted by molar-refractivity contribution is 7.89. The van der Waals surface area contributed by atoms with Crippen molar-refractivity contribution in [2.45, 2.75) is 38.3 Å². The third kappa shape index (κ3) is 4.96. The molecule has 0 aliphatic heterocycles. The van der Waals surface area contributed by atoms with Gasteiger partial charge >= 0.3 is 0 Å². The van der Waals surface area contributed by atoms with Crippen molar-refractivity contribution in [3.05, 3.63) is 66.5 Å². The Hall–Kier alpha value is -2.71. The van der Waals surface area contributed by atoms with Crippen LogP contribution in [0.3, 0.4) is 0 Å². The SMILES string of the molecule is Cc1ccccc1Oc1ccc(S(=O)(=O)NC(Cn2nccn2)C(C)C)cc1. The molecular formula is C20H24N4O3S. The molecule has 1 heterocycles. The molecule has 28 heavy (non-hydrogen) atoms. The number of para-hydroxylation sites is 1. The molecule has 0 saturated heterocycles. The van der Waals surface area contributed by atoms with Crippen LogP contribution >= 0.6 is 0 Å². The first-order valence-electron chi connectivity index (χ1n) is 9.05. The summed E-state index contributed by atoms with van der Waals surface area (Å²) >= 11 is 0. The summed E-state index contributed by atoms with van der Waals surface area (Å²) in [6, 6.07) is 13.7. The summed E-state index contributed by atoms with van der Waals surface area (Å²) in [6.07, 6.45) is 3.14. The van der Waals surface area contributed by atoms with E-state index in [1.54, 1.807) is 36.7 Å². The summed E-state index contributed by atoms with van der Waals surface area (Å²) < 4.78 is 34.2. The highest BCUT2D eigenvalue weighted by Crippen LogP contribution is 2.25. The number of benzene rings is 2. The lowest BCUT2D eigenvalue weighted by atomic mass is 10.1. The molecule has 3 rings (SSSR count). The third-order valence-corrected chi connectivity index (χ3v) is 5.90. The maximum absolute atomic E-state index is 12.8. The monoisotopic (exact) mass is 400 g/mol. The van der Waals surface area contributed by atoms with Crippen LogP contribution in [0.2, 0.25) is 0 Å². The summed E-state index contributed by atoms with van der Waals surface area (Å²) in [5.41, 5.74) is 1.01. The number of ether oxygens (including phenoxy) is 1. The molecule has 7 nitrogen and oxygen atoms in total. The second kappa shape index (κ2) is 8.53. The van der Waals surface area contributed by atoms with Gasteiger partial charge in [0, 0.05) is 6.04 Å². The maximum Gasteiger partial charge on any atom is 0.240 e. The minimum atomic E-state index is -3.68. The largest absolute Gasteiger partial charge is 0.457 e. The first kappa shape index (κ1) is 20.0. The Kier molecular flexibility index (Phi) is 6.11. The van der Waals surface area contributed by atoms with Crippen LogP contribution in [-0.4, -0.2) is 29.5 Å². The minimum Gasteiger partial charge on any atom is -0.457 e. The number of nitrogens with one attached hydrogen (secondary N) is 1. The van der Waals surface area contributed by atoms with Gasteiger partial charge in [0.1, 0.15) is 11.5 Å². The van der Waals surface area contributed by atoms with E-state index in [1.165, 1.54) is 4.80 Å². The topological polar surface area (TPSA) is 86.1 Å². The molecule has 1 unspecified atom stereocenters. The highest BCUT2D eigenvalue weighted by atomic mass is 32.2. The van der Waals surface area contributed by atoms with E-state index in [0.29, 0.717) is 12.3 Å². The van der Waals surface area contributed by atoms with Crippen molar-refractivity contribution in [3.8, 4) is 11.5 Å². The van der Waals surface area contributed by atoms with Gasteiger partial charge in [-0.25, -0.2) is 13.1 Å². The van der Waals surface area contributed by atoms with Crippen molar-refractivity contribution < 1.29 is 13.2 Å². The highest BCUT2D eigenvalue weighted by Gasteiger charge is 2.23. The Bertz CT molecular complexity index is 1000. The molecule has 1 N–H and O–H groups in total. The second-order valence-corrected chi connectivity index (χ2v) is 8.61. The molecule has 8 heteroatoms. The van der Waals surface area contributed by atoms with Gasteiger partial charge in [-0.2, -0.15) is 15.0 Å². The van der Waals surface area contributed by atoms with E-state index >= 15 is 0 Å². The normalized spacial score (nSPS) is 12.9. The van der Waals surface area contributed by atoms with Crippen molar-refractivity contribution in [3.63, 3.8) is 0 Å². The summed E-state index contributed by atoms with van der Waals surface area (Å²) in [6.45, 7) is 6.22. The Balaban J connectivity index is 1.73. The first-order chi connectivity index (χ1) is 13.3. The van der Waals surface area contributed by atoms with Gasteiger partial charge in [0.25, 0.3) is 0 Å². The summed E-state index contributed by atoms with van der Waals surface area (Å²) in [7, 11) is -3.68. The van der Waals surface area contributed by atoms with E-state index in [9.17, 15) is 8.42 Å². The van der Waals surface area contributed by atoms with Crippen LogP contribution in [0, 0.1) is 12.8 Å². The van der Waals surface area contributed by atoms with Gasteiger partial charge in [0.05, 0.1) is 23.8 Å². The fraction of sp³-hybridized carbons (Fsp3) is 0.300. The summed E-state index contributed by atoms with van der Waals surface area (Å²) in [5, 5.41) is 8.11. The Labute approximate surface area is 165 Å². The van der Waals surface area contributed by atoms with Gasteiger partial charge in [-0.15, -0.1) is 0 Å². The van der Waals surface area contributed by atoms with Crippen molar-refractivity contribution in [2.75, 3.05) is 0 Å². The van der Waals surface area contributed by atoms with Gasteiger partial charge in [0.15, 0.2) is 0 Å². The Morgan fingerprint density at radius 3 is 2.29 bits per heavy atom. The molecule has 148 valence electrons. The fourth-order valence-corrected chi connectivity index (χ4v) is 4.03. The van der Waals surface area contributed by atoms with Crippen molar-refractivity contribution in [2.24, 2.45) is 5.92 Å². The first-order valence-corrected chi connectivity index (χ1v) is 10.5. The molecule has 0 bridgehead atoms. The maximum atomic E-state index is 12.8. The molecule has 3 aromatic rings. The van der Waals surface area contributed by atoms with Crippen molar-refractivity contribution >= 4 is 10.0 Å². The van der Waals surface area contributed by atoms with Gasteiger partial charge in [-0.3, -0.25) is 0 Å². The van der Waals surface area contributed by atoms with Crippen LogP contribution in [0.25, 0.3) is 0 Å². The molecule has 0 fully saturated rings. The second-order valence-electron chi connectivity index (χ2n) is 6.89. The van der Waals surface area contributed by atoms with Crippen LogP contribution in [0.5, 0.6) is 11.5 Å². The van der Waals surface area contributed by atoms with Crippen LogP contribution in [-0.2, 0) is 16.6 Å². The molecule has 0 aliphatic carbocycles. The van der Waals surface area contributed by atoms with E-state index in [1.807, 2.05) is 45.0 Å². The quantitative estimate of drug-likeness (QED) is 0.626. The summed E-state index contributed by atoms with van der Waals surface area (Å²) in [5.74, 6) is 1.39. The fourth-order valence-electron chi connectivity index (χ4n) is 2.65. The van der Waals surface area contributed by atoms with Gasteiger partial charge in [-0.1, -0.05) is 32.0 Å². The van der Waals surface area contributed by atoms with Crippen LogP contribution in [0.4, 0.5) is 0 Å². The van der Waals surface area contributed by atoms with Crippen LogP contribution in [0.15, 0.2) is 65.8 Å². The van der Waals surface area contributed by atoms with E-state index in [-0.39, 0.29) is 16.9 Å². The zero-order valence-corrected chi connectivity index (χ0v) is 16.9. The van der Waals surface area contributed by atoms with Gasteiger partial charge in [0.2, 0.25) is 10.0 Å². The van der Waals surface area contributed by atoms with Crippen LogP contribution < -0.4 is 9.46 Å². The average molecular weight is 401 g/mol. The van der Waals surface area contributed by atoms with E-state index < -0.39 is 10.0 Å². The molecule has 0 radical (unpaired) electrons. The minimum absolute atomic E-state index is 0.0736. The zero-order chi connectivity index (χ0) is 20.1. The lowest BCUT2D eigenvalue weighted by Crippen LogP contribution is -2.41. The van der Waals surface area contributed by atoms with Crippen molar-refractivity contribution in [1.29, 1.82) is 0 Å². The smallest absolute Gasteiger partial charge is 0.240 e. The number of hydrogen-bond donors (Lipinski definition) is 1. The Morgan fingerprint density at radius 2 is 1.68 bits per heavy atom. The number of aromatic nitrogens is 3. The average Bonchev–Trinajstić information content (AvgIpc) is 3.16. The molecule has 0 spiro atoms. The molecule has 0 saturated carbocycles. The predicted molar refractivity (Wildman–Crippen MR) is 107 cm³/mol. The predicted octanol–water partition coefficient (Wildman–Crippen LogP) is 3.38. The third-order valence-electron chi connectivity index (χ3n) is 4.39. The molecular weight excluding hydrogens is 376 g/mol. The van der Waals surface area contributed by atoms with Crippen molar-refractivity contribution in [1.82, 2.24) is 19.7 Å². The lowest BCUT2D eigenvalue weighted by molar-refractivity contribution is 0.361. The molecule has 2 aromatic carbocycles. The standard InChI is InChI=1S/C20H24N4O3S/c1-15(2)19(14-24-21-12-13-22-24)23-28(25,26)18-10-8-17(9-11-18)27-20-7-5-4-6-16(20)3/h4-13,15,19,23H,14H2,1-3H3. The van der Waals surface area contributed by atoms with Gasteiger partial charge in [-0.05, 0) is 48.7 Å². The molecule has 1 atom stereocenters. The number of nitrogens with zero attached hydrogens (tertiary/aromatic N) is 3. The molecule has 1 aromatic heterocycles. The number of sulfonamides is 1. The summed E-state index contributed by atoms with van der Waals surface area (Å²) in [4.78, 5) is 1.66. The van der Waals surface area contributed by atoms with E-state index in [0.717, 1.165) is 11.3 Å². The molecule has 0 amide bonds. The van der Waals surface area contributed by atoms with Gasteiger partial charge < -0.3 is 4.74 Å². The van der Waals surface area contributed by atoms with E-state index in [4.69, 9.17) is 4.74 Å². The number of hydrogen-bond acceptors (Lipinski definition) is 5. The Morgan fingerprint density at radius 1 is 1.04 bits per heavy atom. The molecule has 0 aliphatic rings. The number of rotatable bonds is 8. The number of aryl methyl sites for hydroxylation is 1. The zero-order valence-electron chi connectivity index (χ0n) is 16.1. The van der Waals surface area contributed by atoms with E-state index in [2.05, 4.69) is 14.9 Å². The van der Waals surface area contributed by atoms with Crippen LogP contribution in [0.1, 0.15) is 19.4 Å². The lowest BCUT2D eigenvalue weighted by Gasteiger charge is -2.21.